The van der Waals surface area contributed by atoms with E-state index in [1.165, 1.54) is 16.4 Å². The van der Waals surface area contributed by atoms with Crippen LogP contribution in [0.4, 0.5) is 5.69 Å². The summed E-state index contributed by atoms with van der Waals surface area (Å²) in [6.45, 7) is 1.84. The fourth-order valence-corrected chi connectivity index (χ4v) is 5.20. The van der Waals surface area contributed by atoms with Crippen molar-refractivity contribution in [3.63, 3.8) is 0 Å². The molecule has 1 fully saturated rings. The van der Waals surface area contributed by atoms with Gasteiger partial charge in [-0.25, -0.2) is 8.42 Å². The molecule has 0 spiro atoms. The van der Waals surface area contributed by atoms with Crippen molar-refractivity contribution in [2.75, 3.05) is 31.1 Å². The molecule has 9 heteroatoms. The van der Waals surface area contributed by atoms with Gasteiger partial charge < -0.3 is 4.90 Å². The minimum absolute atomic E-state index is 0.0245. The van der Waals surface area contributed by atoms with Crippen LogP contribution in [-0.2, 0) is 10.0 Å². The van der Waals surface area contributed by atoms with E-state index >= 15 is 0 Å². The summed E-state index contributed by atoms with van der Waals surface area (Å²) < 4.78 is 27.1. The van der Waals surface area contributed by atoms with Gasteiger partial charge in [0, 0.05) is 36.9 Å². The standard InChI is InChI=1S/C16H14Cl4N2O2S/c17-11-1-3-12(4-2-11)21-5-7-22(8-6-21)25(23,24)16-10-14(19)13(18)9-15(16)20/h1-4,9-10H,5-8H2. The number of halogens is 4. The summed E-state index contributed by atoms with van der Waals surface area (Å²) in [7, 11) is -3.73. The quantitative estimate of drug-likeness (QED) is 0.644. The maximum absolute atomic E-state index is 12.9. The van der Waals surface area contributed by atoms with Crippen LogP contribution in [-0.4, -0.2) is 38.9 Å². The zero-order valence-electron chi connectivity index (χ0n) is 12.9. The van der Waals surface area contributed by atoms with Crippen molar-refractivity contribution < 1.29 is 8.42 Å². The van der Waals surface area contributed by atoms with Crippen molar-refractivity contribution in [1.29, 1.82) is 0 Å². The maximum atomic E-state index is 12.9. The lowest BCUT2D eigenvalue weighted by Crippen LogP contribution is -2.48. The molecule has 0 aromatic heterocycles. The molecule has 0 atom stereocenters. The van der Waals surface area contributed by atoms with E-state index in [4.69, 9.17) is 46.4 Å². The Morgan fingerprint density at radius 2 is 1.32 bits per heavy atom. The first-order chi connectivity index (χ1) is 11.8. The van der Waals surface area contributed by atoms with Gasteiger partial charge in [-0.2, -0.15) is 4.31 Å². The predicted octanol–water partition coefficient (Wildman–Crippen LogP) is 4.81. The smallest absolute Gasteiger partial charge is 0.244 e. The van der Waals surface area contributed by atoms with Gasteiger partial charge in [0.2, 0.25) is 10.0 Å². The fraction of sp³-hybridized carbons (Fsp3) is 0.250. The topological polar surface area (TPSA) is 40.6 Å². The molecule has 0 saturated carbocycles. The van der Waals surface area contributed by atoms with E-state index in [-0.39, 0.29) is 20.0 Å². The van der Waals surface area contributed by atoms with E-state index in [0.29, 0.717) is 31.2 Å². The van der Waals surface area contributed by atoms with Crippen molar-refractivity contribution in [2.24, 2.45) is 0 Å². The van der Waals surface area contributed by atoms with E-state index in [1.807, 2.05) is 24.3 Å². The molecular formula is C16H14Cl4N2O2S. The molecule has 1 saturated heterocycles. The van der Waals surface area contributed by atoms with E-state index in [1.54, 1.807) is 0 Å². The average molecular weight is 440 g/mol. The Morgan fingerprint density at radius 3 is 1.92 bits per heavy atom. The van der Waals surface area contributed by atoms with Crippen LogP contribution in [0.25, 0.3) is 0 Å². The van der Waals surface area contributed by atoms with Crippen molar-refractivity contribution in [1.82, 2.24) is 4.31 Å². The number of sulfonamides is 1. The SMILES string of the molecule is O=S(=O)(c1cc(Cl)c(Cl)cc1Cl)N1CCN(c2ccc(Cl)cc2)CC1. The van der Waals surface area contributed by atoms with E-state index in [9.17, 15) is 8.42 Å². The molecule has 0 aliphatic carbocycles. The van der Waals surface area contributed by atoms with Crippen LogP contribution in [0, 0.1) is 0 Å². The molecule has 0 bridgehead atoms. The minimum Gasteiger partial charge on any atom is -0.369 e. The number of hydrogen-bond acceptors (Lipinski definition) is 3. The average Bonchev–Trinajstić information content (AvgIpc) is 2.59. The van der Waals surface area contributed by atoms with Crippen LogP contribution in [0.2, 0.25) is 20.1 Å². The summed E-state index contributed by atoms with van der Waals surface area (Å²) in [6, 6.07) is 10.1. The van der Waals surface area contributed by atoms with Crippen LogP contribution >= 0.6 is 46.4 Å². The first-order valence-electron chi connectivity index (χ1n) is 7.44. The molecule has 0 unspecified atom stereocenters. The molecule has 3 rings (SSSR count). The van der Waals surface area contributed by atoms with Crippen LogP contribution in [0.3, 0.4) is 0 Å². The van der Waals surface area contributed by atoms with Crippen LogP contribution < -0.4 is 4.90 Å². The van der Waals surface area contributed by atoms with Gasteiger partial charge in [-0.3, -0.25) is 0 Å². The lowest BCUT2D eigenvalue weighted by Gasteiger charge is -2.35. The Hall–Kier alpha value is -0.690. The number of benzene rings is 2. The lowest BCUT2D eigenvalue weighted by atomic mass is 10.2. The van der Waals surface area contributed by atoms with Crippen LogP contribution in [0.5, 0.6) is 0 Å². The fourth-order valence-electron chi connectivity index (χ4n) is 2.68. The molecule has 0 amide bonds. The molecule has 4 nitrogen and oxygen atoms in total. The van der Waals surface area contributed by atoms with Crippen LogP contribution in [0.15, 0.2) is 41.3 Å². The Morgan fingerprint density at radius 1 is 0.760 bits per heavy atom. The summed E-state index contributed by atoms with van der Waals surface area (Å²) in [4.78, 5) is 2.09. The van der Waals surface area contributed by atoms with E-state index in [0.717, 1.165) is 5.69 Å². The molecule has 0 N–H and O–H groups in total. The first kappa shape index (κ1) is 19.1. The van der Waals surface area contributed by atoms with E-state index in [2.05, 4.69) is 4.90 Å². The van der Waals surface area contributed by atoms with E-state index < -0.39 is 10.0 Å². The number of hydrogen-bond donors (Lipinski definition) is 0. The van der Waals surface area contributed by atoms with Crippen molar-refractivity contribution in [2.45, 2.75) is 4.90 Å². The van der Waals surface area contributed by atoms with Gasteiger partial charge >= 0.3 is 0 Å². The second-order valence-corrected chi connectivity index (χ2v) is 9.13. The summed E-state index contributed by atoms with van der Waals surface area (Å²) in [5, 5.41) is 1.11. The Kier molecular flexibility index (Phi) is 5.73. The lowest BCUT2D eigenvalue weighted by molar-refractivity contribution is 0.385. The summed E-state index contributed by atoms with van der Waals surface area (Å²) in [5.41, 5.74) is 1.01. The Balaban J connectivity index is 1.78. The van der Waals surface area contributed by atoms with Crippen LogP contribution in [0.1, 0.15) is 0 Å². The molecule has 2 aromatic rings. The van der Waals surface area contributed by atoms with Crippen molar-refractivity contribution in [3.05, 3.63) is 56.5 Å². The normalized spacial score (nSPS) is 16.2. The molecule has 25 heavy (non-hydrogen) atoms. The van der Waals surface area contributed by atoms with Gasteiger partial charge in [0.1, 0.15) is 4.90 Å². The second kappa shape index (κ2) is 7.51. The predicted molar refractivity (Wildman–Crippen MR) is 104 cm³/mol. The highest BCUT2D eigenvalue weighted by atomic mass is 35.5. The number of piperazine rings is 1. The summed E-state index contributed by atoms with van der Waals surface area (Å²) in [5.74, 6) is 0. The summed E-state index contributed by atoms with van der Waals surface area (Å²) >= 11 is 23.8. The molecular weight excluding hydrogens is 426 g/mol. The number of rotatable bonds is 3. The largest absolute Gasteiger partial charge is 0.369 e. The van der Waals surface area contributed by atoms with Crippen molar-refractivity contribution >= 4 is 62.1 Å². The number of anilines is 1. The van der Waals surface area contributed by atoms with Gasteiger partial charge in [-0.05, 0) is 36.4 Å². The zero-order chi connectivity index (χ0) is 18.2. The molecule has 1 heterocycles. The third kappa shape index (κ3) is 4.02. The third-order valence-electron chi connectivity index (χ3n) is 4.02. The Bertz CT molecular complexity index is 880. The highest BCUT2D eigenvalue weighted by Crippen LogP contribution is 2.33. The van der Waals surface area contributed by atoms with Crippen molar-refractivity contribution in [3.8, 4) is 0 Å². The van der Waals surface area contributed by atoms with Gasteiger partial charge in [-0.15, -0.1) is 0 Å². The molecule has 2 aromatic carbocycles. The Labute approximate surface area is 166 Å². The molecule has 0 radical (unpaired) electrons. The van der Waals surface area contributed by atoms with Gasteiger partial charge in [0.15, 0.2) is 0 Å². The van der Waals surface area contributed by atoms with Gasteiger partial charge in [0.25, 0.3) is 0 Å². The molecule has 1 aliphatic heterocycles. The molecule has 1 aliphatic rings. The number of nitrogens with zero attached hydrogens (tertiary/aromatic N) is 2. The third-order valence-corrected chi connectivity index (χ3v) is 7.36. The zero-order valence-corrected chi connectivity index (χ0v) is 16.8. The first-order valence-corrected chi connectivity index (χ1v) is 10.4. The van der Waals surface area contributed by atoms with Gasteiger partial charge in [-0.1, -0.05) is 46.4 Å². The highest BCUT2D eigenvalue weighted by Gasteiger charge is 2.30. The summed E-state index contributed by atoms with van der Waals surface area (Å²) in [6.07, 6.45) is 0. The minimum atomic E-state index is -3.73. The highest BCUT2D eigenvalue weighted by molar-refractivity contribution is 7.89. The second-order valence-electron chi connectivity index (χ2n) is 5.56. The maximum Gasteiger partial charge on any atom is 0.244 e. The van der Waals surface area contributed by atoms with Gasteiger partial charge in [0.05, 0.1) is 15.1 Å². The monoisotopic (exact) mass is 438 g/mol. The molecule has 134 valence electrons.